The number of allylic oxidation sites excluding steroid dienone is 1. The second-order valence-corrected chi connectivity index (χ2v) is 1.72. The zero-order valence-corrected chi connectivity index (χ0v) is 5.05. The summed E-state index contributed by atoms with van der Waals surface area (Å²) < 4.78 is 0. The Hall–Kier alpha value is -0.495. The molecule has 0 bridgehead atoms. The molecule has 0 rings (SSSR count). The topological polar surface area (TPSA) is 40.5 Å². The third-order valence-corrected chi connectivity index (χ3v) is 0.521. The fraction of sp³-hybridized carbons (Fsp3) is 0.400. The fourth-order valence-corrected chi connectivity index (χ4v) is 0.241. The van der Waals surface area contributed by atoms with Gasteiger partial charge in [-0.15, -0.1) is 5.73 Å². The summed E-state index contributed by atoms with van der Waals surface area (Å²) in [7, 11) is -1.37. The van der Waals surface area contributed by atoms with Gasteiger partial charge in [0, 0.05) is 0 Å². The van der Waals surface area contributed by atoms with Gasteiger partial charge in [-0.1, -0.05) is 0 Å². The van der Waals surface area contributed by atoms with Crippen LogP contribution < -0.4 is 0 Å². The van der Waals surface area contributed by atoms with Crippen molar-refractivity contribution in [3.8, 4) is 0 Å². The van der Waals surface area contributed by atoms with Gasteiger partial charge in [0.1, 0.15) is 0 Å². The Morgan fingerprint density at radius 2 is 2.00 bits per heavy atom. The maximum absolute atomic E-state index is 8.23. The van der Waals surface area contributed by atoms with Gasteiger partial charge in [0.2, 0.25) is 0 Å². The van der Waals surface area contributed by atoms with Crippen molar-refractivity contribution < 1.29 is 10.0 Å². The van der Waals surface area contributed by atoms with Crippen molar-refractivity contribution in [2.24, 2.45) is 0 Å². The van der Waals surface area contributed by atoms with Gasteiger partial charge in [0.15, 0.2) is 0 Å². The van der Waals surface area contributed by atoms with Crippen LogP contribution >= 0.6 is 0 Å². The highest BCUT2D eigenvalue weighted by atomic mass is 16.4. The average Bonchev–Trinajstić information content (AvgIpc) is 1.61. The molecule has 0 spiro atoms. The molecule has 0 atom stereocenters. The minimum absolute atomic E-state index is 0.929. The standard InChI is InChI=1S/C5H9BO2/c1-5(2)3-4-6(7)8/h4,7-8H,1-2H3. The lowest BCUT2D eigenvalue weighted by Gasteiger charge is -1.80. The van der Waals surface area contributed by atoms with Crippen LogP contribution in [-0.4, -0.2) is 17.2 Å². The van der Waals surface area contributed by atoms with E-state index in [0.29, 0.717) is 0 Å². The van der Waals surface area contributed by atoms with Crippen molar-refractivity contribution in [3.63, 3.8) is 0 Å². The zero-order chi connectivity index (χ0) is 6.57. The highest BCUT2D eigenvalue weighted by Gasteiger charge is 1.95. The summed E-state index contributed by atoms with van der Waals surface area (Å²) in [6, 6.07) is 0. The predicted molar refractivity (Wildman–Crippen MR) is 33.1 cm³/mol. The van der Waals surface area contributed by atoms with Gasteiger partial charge in [-0.3, -0.25) is 0 Å². The molecule has 3 heteroatoms. The normalized spacial score (nSPS) is 7.50. The summed E-state index contributed by atoms with van der Waals surface area (Å²) in [4.78, 5) is 0. The second kappa shape index (κ2) is 3.50. The van der Waals surface area contributed by atoms with E-state index in [4.69, 9.17) is 10.0 Å². The molecule has 0 aliphatic rings. The Bertz CT molecular complexity index is 118. The first kappa shape index (κ1) is 7.50. The van der Waals surface area contributed by atoms with Gasteiger partial charge in [0.05, 0.1) is 0 Å². The Morgan fingerprint density at radius 3 is 2.12 bits per heavy atom. The molecule has 0 aliphatic heterocycles. The maximum Gasteiger partial charge on any atom is 0.488 e. The summed E-state index contributed by atoms with van der Waals surface area (Å²) in [5.74, 6) is 1.19. The lowest BCUT2D eigenvalue weighted by atomic mass is 9.92. The van der Waals surface area contributed by atoms with Crippen LogP contribution in [0.2, 0.25) is 0 Å². The van der Waals surface area contributed by atoms with Crippen LogP contribution in [0.5, 0.6) is 0 Å². The number of hydrogen-bond acceptors (Lipinski definition) is 2. The van der Waals surface area contributed by atoms with Crippen LogP contribution in [-0.2, 0) is 0 Å². The lowest BCUT2D eigenvalue weighted by Crippen LogP contribution is -2.04. The molecule has 0 aromatic rings. The zero-order valence-electron chi connectivity index (χ0n) is 5.05. The molecule has 0 saturated heterocycles. The van der Waals surface area contributed by atoms with E-state index >= 15 is 0 Å². The van der Waals surface area contributed by atoms with E-state index in [1.54, 1.807) is 0 Å². The highest BCUT2D eigenvalue weighted by Crippen LogP contribution is 1.82. The van der Waals surface area contributed by atoms with Crippen molar-refractivity contribution in [2.45, 2.75) is 13.8 Å². The van der Waals surface area contributed by atoms with E-state index in [-0.39, 0.29) is 0 Å². The molecule has 44 valence electrons. The molecule has 2 nitrogen and oxygen atoms in total. The third kappa shape index (κ3) is 5.50. The van der Waals surface area contributed by atoms with Crippen molar-refractivity contribution in [1.82, 2.24) is 0 Å². The molecule has 0 amide bonds. The molecule has 0 aliphatic carbocycles. The Balaban J connectivity index is 3.82. The van der Waals surface area contributed by atoms with E-state index in [1.165, 1.54) is 5.98 Å². The first-order valence-corrected chi connectivity index (χ1v) is 2.39. The van der Waals surface area contributed by atoms with Gasteiger partial charge in [0.25, 0.3) is 0 Å². The first-order valence-electron chi connectivity index (χ1n) is 2.39. The molecule has 0 aromatic heterocycles. The minimum atomic E-state index is -1.37. The maximum atomic E-state index is 8.23. The molecule has 0 aromatic carbocycles. The predicted octanol–water partition coefficient (Wildman–Crippen LogP) is 0.120. The molecule has 0 fully saturated rings. The van der Waals surface area contributed by atoms with Crippen molar-refractivity contribution in [1.29, 1.82) is 0 Å². The van der Waals surface area contributed by atoms with Gasteiger partial charge in [-0.05, 0) is 25.4 Å². The van der Waals surface area contributed by atoms with Crippen LogP contribution in [0.25, 0.3) is 0 Å². The van der Waals surface area contributed by atoms with Gasteiger partial charge in [-0.25, -0.2) is 0 Å². The smallest absolute Gasteiger partial charge is 0.423 e. The number of rotatable bonds is 1. The van der Waals surface area contributed by atoms with Crippen LogP contribution in [0.3, 0.4) is 0 Å². The van der Waals surface area contributed by atoms with Gasteiger partial charge < -0.3 is 10.0 Å². The summed E-state index contributed by atoms with van der Waals surface area (Å²) in [5.41, 5.74) is 3.57. The van der Waals surface area contributed by atoms with E-state index < -0.39 is 7.12 Å². The first-order chi connectivity index (χ1) is 3.63. The monoisotopic (exact) mass is 112 g/mol. The SMILES string of the molecule is CC(C)=C=CB(O)O. The summed E-state index contributed by atoms with van der Waals surface area (Å²) in [6.45, 7) is 3.66. The average molecular weight is 112 g/mol. The molecule has 8 heavy (non-hydrogen) atoms. The van der Waals surface area contributed by atoms with Gasteiger partial charge >= 0.3 is 7.12 Å². The third-order valence-electron chi connectivity index (χ3n) is 0.521. The lowest BCUT2D eigenvalue weighted by molar-refractivity contribution is 0.424. The van der Waals surface area contributed by atoms with Gasteiger partial charge in [-0.2, -0.15) is 0 Å². The molecule has 0 heterocycles. The van der Waals surface area contributed by atoms with Crippen LogP contribution in [0.15, 0.2) is 17.3 Å². The van der Waals surface area contributed by atoms with E-state index in [0.717, 1.165) is 5.57 Å². The van der Waals surface area contributed by atoms with Crippen LogP contribution in [0.1, 0.15) is 13.8 Å². The number of hydrogen-bond donors (Lipinski definition) is 2. The van der Waals surface area contributed by atoms with Crippen molar-refractivity contribution in [3.05, 3.63) is 17.3 Å². The van der Waals surface area contributed by atoms with Crippen LogP contribution in [0.4, 0.5) is 0 Å². The van der Waals surface area contributed by atoms with Crippen LogP contribution in [0, 0.1) is 0 Å². The summed E-state index contributed by atoms with van der Waals surface area (Å²) in [5, 5.41) is 16.5. The Labute approximate surface area is 49.3 Å². The van der Waals surface area contributed by atoms with Crippen molar-refractivity contribution in [2.75, 3.05) is 0 Å². The highest BCUT2D eigenvalue weighted by molar-refractivity contribution is 6.47. The quantitative estimate of drug-likeness (QED) is 0.373. The fourth-order valence-electron chi connectivity index (χ4n) is 0.241. The molecular weight excluding hydrogens is 103 g/mol. The van der Waals surface area contributed by atoms with E-state index in [1.807, 2.05) is 13.8 Å². The molecular formula is C5H9BO2. The molecule has 0 unspecified atom stereocenters. The van der Waals surface area contributed by atoms with E-state index in [9.17, 15) is 0 Å². The Kier molecular flexibility index (Phi) is 3.28. The Morgan fingerprint density at radius 1 is 1.50 bits per heavy atom. The minimum Gasteiger partial charge on any atom is -0.423 e. The largest absolute Gasteiger partial charge is 0.488 e. The summed E-state index contributed by atoms with van der Waals surface area (Å²) >= 11 is 0. The van der Waals surface area contributed by atoms with Crippen molar-refractivity contribution >= 4 is 7.12 Å². The molecule has 2 N–H and O–H groups in total. The second-order valence-electron chi connectivity index (χ2n) is 1.72. The molecule has 0 saturated carbocycles. The van der Waals surface area contributed by atoms with E-state index in [2.05, 4.69) is 5.73 Å². The molecule has 0 radical (unpaired) electrons. The summed E-state index contributed by atoms with van der Waals surface area (Å²) in [6.07, 6.45) is 0.